The van der Waals surface area contributed by atoms with Gasteiger partial charge in [0, 0.05) is 111 Å². The van der Waals surface area contributed by atoms with Crippen molar-refractivity contribution in [1.82, 2.24) is 19.8 Å². The molecule has 0 radical (unpaired) electrons. The molecule has 0 spiro atoms. The first-order valence-corrected chi connectivity index (χ1v) is 32.3. The zero-order valence-corrected chi connectivity index (χ0v) is 54.7. The largest absolute Gasteiger partial charge is 0.460 e. The van der Waals surface area contributed by atoms with Gasteiger partial charge < -0.3 is 68.4 Å². The second kappa shape index (κ2) is 35.5. The molecule has 1 aromatic heterocycles. The molecule has 5 aliphatic rings. The first-order valence-electron chi connectivity index (χ1n) is 32.3. The molecule has 89 heavy (non-hydrogen) atoms. The minimum Gasteiger partial charge on any atom is -0.460 e. The Bertz CT molecular complexity index is 2610. The van der Waals surface area contributed by atoms with E-state index in [1.54, 1.807) is 60.6 Å². The van der Waals surface area contributed by atoms with Gasteiger partial charge in [-0.05, 0) is 119 Å². The Labute approximate surface area is 527 Å². The van der Waals surface area contributed by atoms with E-state index in [-0.39, 0.29) is 73.9 Å². The number of carbonyl (C=O) groups is 5. The Morgan fingerprint density at radius 3 is 2.22 bits per heavy atom. The fourth-order valence-corrected chi connectivity index (χ4v) is 13.1. The number of aliphatic hydroxyl groups excluding tert-OH is 3. The molecule has 4 N–H and O–H groups in total. The number of allylic oxidation sites excluding steroid dienone is 5. The number of nitrogens with zero attached hydrogens (tertiary/aromatic N) is 6. The van der Waals surface area contributed by atoms with E-state index in [2.05, 4.69) is 22.0 Å². The lowest BCUT2D eigenvalue weighted by molar-refractivity contribution is -0.265. The lowest BCUT2D eigenvalue weighted by Gasteiger charge is -2.43. The molecule has 498 valence electrons. The number of methoxy groups -OCH3 is 4. The molecule has 0 aromatic carbocycles. The van der Waals surface area contributed by atoms with Crippen molar-refractivity contribution in [3.63, 3.8) is 0 Å². The molecule has 3 saturated heterocycles. The third-order valence-electron chi connectivity index (χ3n) is 18.9. The lowest BCUT2D eigenvalue weighted by atomic mass is 9.78. The normalized spacial score (nSPS) is 34.9. The Morgan fingerprint density at radius 2 is 1.54 bits per heavy atom. The molecule has 5 heterocycles. The third kappa shape index (κ3) is 20.6. The van der Waals surface area contributed by atoms with Crippen LogP contribution in [-0.2, 0) is 63.7 Å². The average Bonchev–Trinajstić information content (AvgIpc) is 1.42. The van der Waals surface area contributed by atoms with E-state index in [0.29, 0.717) is 121 Å². The number of anilines is 1. The number of piperazine rings is 1. The van der Waals surface area contributed by atoms with E-state index < -0.39 is 84.1 Å². The molecule has 22 heteroatoms. The molecule has 2 amide bonds. The molecule has 1 saturated carbocycles. The van der Waals surface area contributed by atoms with E-state index >= 15 is 0 Å². The Balaban J connectivity index is 1.24. The number of ketones is 2. The molecule has 1 aromatic rings. The van der Waals surface area contributed by atoms with Gasteiger partial charge in [0.25, 0.3) is 11.7 Å². The second-order valence-electron chi connectivity index (χ2n) is 25.7. The Hall–Kier alpha value is -5.30. The van der Waals surface area contributed by atoms with Crippen LogP contribution in [0.1, 0.15) is 144 Å². The highest BCUT2D eigenvalue weighted by atomic mass is 16.6. The maximum atomic E-state index is 14.7. The molecule has 2 bridgehead atoms. The van der Waals surface area contributed by atoms with E-state index in [0.717, 1.165) is 17.6 Å². The zero-order valence-electron chi connectivity index (χ0n) is 54.7. The van der Waals surface area contributed by atoms with Crippen molar-refractivity contribution in [2.75, 3.05) is 79.3 Å². The molecule has 4 fully saturated rings. The quantitative estimate of drug-likeness (QED) is 0.0599. The summed E-state index contributed by atoms with van der Waals surface area (Å²) in [5.74, 6) is -6.83. The summed E-state index contributed by atoms with van der Waals surface area (Å²) in [6.07, 6.45) is 14.8. The molecular weight excluding hydrogens is 1140 g/mol. The van der Waals surface area contributed by atoms with Crippen molar-refractivity contribution >= 4 is 41.0 Å². The van der Waals surface area contributed by atoms with Crippen LogP contribution in [-0.4, -0.2) is 210 Å². The number of amides is 2. The smallest absolute Gasteiger partial charge is 0.329 e. The summed E-state index contributed by atoms with van der Waals surface area (Å²) in [6, 6.07) is -1.15. The van der Waals surface area contributed by atoms with Crippen molar-refractivity contribution < 1.29 is 77.7 Å². The number of ether oxygens (including phenoxy) is 6. The number of aryl methyl sites for hydroxylation is 1. The highest BCUT2D eigenvalue weighted by Gasteiger charge is 2.53. The Kier molecular flexibility index (Phi) is 29.0. The van der Waals surface area contributed by atoms with Gasteiger partial charge in [-0.1, -0.05) is 76.2 Å². The predicted octanol–water partition coefficient (Wildman–Crippen LogP) is 6.45. The molecular formula is C67H104N6O16. The number of aliphatic hydroxyl groups is 4. The first-order chi connectivity index (χ1) is 42.5. The number of hydrogen-bond acceptors (Lipinski definition) is 20. The van der Waals surface area contributed by atoms with Crippen LogP contribution >= 0.6 is 0 Å². The van der Waals surface area contributed by atoms with Crippen molar-refractivity contribution in [2.45, 2.75) is 205 Å². The lowest BCUT2D eigenvalue weighted by Crippen LogP contribution is -2.61. The van der Waals surface area contributed by atoms with E-state index in [1.807, 2.05) is 61.0 Å². The van der Waals surface area contributed by atoms with Gasteiger partial charge >= 0.3 is 5.97 Å². The molecule has 16 atom stereocenters. The maximum Gasteiger partial charge on any atom is 0.329 e. The summed E-state index contributed by atoms with van der Waals surface area (Å²) in [5.41, 5.74) is 2.47. The number of Topliss-reactive ketones (excluding diaryl/α,β-unsaturated/α-hetero) is 2. The third-order valence-corrected chi connectivity index (χ3v) is 18.9. The summed E-state index contributed by atoms with van der Waals surface area (Å²) in [6.45, 7) is 15.6. The number of carbonyl (C=O) groups excluding carboxylic acids is 5. The van der Waals surface area contributed by atoms with Crippen molar-refractivity contribution in [2.24, 2.45) is 40.7 Å². The van der Waals surface area contributed by atoms with Crippen LogP contribution in [0.3, 0.4) is 0 Å². The van der Waals surface area contributed by atoms with E-state index in [1.165, 1.54) is 12.0 Å². The van der Waals surface area contributed by atoms with Crippen LogP contribution in [0.25, 0.3) is 0 Å². The van der Waals surface area contributed by atoms with Crippen LogP contribution in [0.4, 0.5) is 5.95 Å². The molecule has 22 nitrogen and oxygen atoms in total. The van der Waals surface area contributed by atoms with Crippen LogP contribution in [0.15, 0.2) is 65.2 Å². The molecule has 6 rings (SSSR count). The summed E-state index contributed by atoms with van der Waals surface area (Å²) in [4.78, 5) is 89.4. The number of oxime groups is 1. The van der Waals surface area contributed by atoms with Gasteiger partial charge in [0.15, 0.2) is 12.4 Å². The number of hydrogen-bond donors (Lipinski definition) is 4. The van der Waals surface area contributed by atoms with Crippen LogP contribution < -0.4 is 4.90 Å². The number of rotatable bonds is 16. The van der Waals surface area contributed by atoms with Crippen LogP contribution in [0.2, 0.25) is 0 Å². The number of piperidine rings is 1. The number of aromatic nitrogens is 2. The summed E-state index contributed by atoms with van der Waals surface area (Å²) in [7, 11) is 6.20. The van der Waals surface area contributed by atoms with Crippen molar-refractivity contribution in [3.8, 4) is 0 Å². The molecule has 0 unspecified atom stereocenters. The van der Waals surface area contributed by atoms with Gasteiger partial charge in [0.05, 0.1) is 49.3 Å². The van der Waals surface area contributed by atoms with Gasteiger partial charge in [0.1, 0.15) is 24.4 Å². The summed E-state index contributed by atoms with van der Waals surface area (Å²) < 4.78 is 35.3. The molecule has 1 aliphatic carbocycles. The van der Waals surface area contributed by atoms with Gasteiger partial charge in [-0.2, -0.15) is 0 Å². The topological polar surface area (TPSA) is 279 Å². The van der Waals surface area contributed by atoms with E-state index in [4.69, 9.17) is 33.3 Å². The average molecular weight is 1250 g/mol. The minimum atomic E-state index is -2.45. The maximum absolute atomic E-state index is 14.7. The van der Waals surface area contributed by atoms with Crippen molar-refractivity contribution in [1.29, 1.82) is 0 Å². The minimum absolute atomic E-state index is 0.0141. The number of fused-ring (bicyclic) bond motifs is 3. The second-order valence-corrected chi connectivity index (χ2v) is 25.7. The molecule has 4 aliphatic heterocycles. The predicted molar refractivity (Wildman–Crippen MR) is 335 cm³/mol. The fraction of sp³-hybridized carbons (Fsp3) is 0.731. The summed E-state index contributed by atoms with van der Waals surface area (Å²) >= 11 is 0. The van der Waals surface area contributed by atoms with Gasteiger partial charge in [-0.3, -0.25) is 19.2 Å². The van der Waals surface area contributed by atoms with Crippen LogP contribution in [0, 0.1) is 35.5 Å². The first kappa shape index (κ1) is 72.8. The monoisotopic (exact) mass is 1250 g/mol. The SMILES string of the molecule is COCCC(=O)N1CCN(c2ncc(CCC(=O)CON=C3[C@H](C)C[C@H](C)/C=C/C=C/C=C(\C)[C@@H](OC)C[C@@H]4CC[C@@H](C)[C@@](O)(O4)C(=O)C(=O)N4CCCC[C@H]4C(=O)O[C@H]([C@H](C)C[C@@H]4CC[C@@H](O)[C@H](OC)C4)C[C@@H](O)[C@H](C)/C=C(\C)[C@@H](O)[C@H]3OC)cn2)CC1. The highest BCUT2D eigenvalue weighted by molar-refractivity contribution is 6.39. The van der Waals surface area contributed by atoms with Gasteiger partial charge in [-0.25, -0.2) is 14.8 Å². The van der Waals surface area contributed by atoms with E-state index in [9.17, 15) is 44.4 Å². The van der Waals surface area contributed by atoms with Crippen LogP contribution in [0.5, 0.6) is 0 Å². The van der Waals surface area contributed by atoms with Gasteiger partial charge in [0.2, 0.25) is 17.6 Å². The van der Waals surface area contributed by atoms with Crippen molar-refractivity contribution in [3.05, 3.63) is 65.6 Å². The number of cyclic esters (lactones) is 1. The summed E-state index contributed by atoms with van der Waals surface area (Å²) in [5, 5.41) is 51.6. The fourth-order valence-electron chi connectivity index (χ4n) is 13.1. The zero-order chi connectivity index (χ0) is 65.0. The number of esters is 1. The van der Waals surface area contributed by atoms with Gasteiger partial charge in [-0.15, -0.1) is 0 Å². The Morgan fingerprint density at radius 1 is 0.809 bits per heavy atom. The highest BCUT2D eigenvalue weighted by Crippen LogP contribution is 2.38. The standard InChI is InChI=1S/C67H104N6O16/c1-42-17-13-12-14-18-43(2)56(84-9)37-52-24-20-48(7)67(82,89-52)63(79)64(80)73-27-16-15-19-53(73)65(81)88-57(45(4)35-49-22-25-54(75)58(36-49)85-10)38-55(76)44(3)34-47(6)61(78)62(86-11)60(46(5)33-42)70-87-41-51(74)23-21-50-39-68-66(69-40-50)72-30-28-71(29-31-72)59(77)26-32-83-8/h12-14,17-18,34,39-40,42,44-46,48-49,52-58,61-62,75-76,78,82H,15-16,19-33,35-38,41H2,1-11H3/b14-12+,17-13+,43-18+,47-34+,70-60?/t42-,44-,45-,46-,48-,49+,52+,53+,54-,55-,56+,57+,58-,61-,62+,67-/m1/s1.